The van der Waals surface area contributed by atoms with Crippen LogP contribution in [0.4, 0.5) is 0 Å². The second kappa shape index (κ2) is 2.24. The maximum Gasteiger partial charge on any atom is 0.0604 e. The maximum atomic E-state index is 8.76. The Kier molecular flexibility index (Phi) is 1.51. The molecule has 0 aromatic carbocycles. The highest BCUT2D eigenvalue weighted by atomic mass is 16.4. The summed E-state index contributed by atoms with van der Waals surface area (Å²) >= 11 is 0. The van der Waals surface area contributed by atoms with Crippen LogP contribution in [-0.4, -0.2) is 10.9 Å². The second-order valence-corrected chi connectivity index (χ2v) is 4.94. The summed E-state index contributed by atoms with van der Waals surface area (Å²) in [7, 11) is 0. The number of rotatable bonds is 0. The standard InChI is InChI=1S/C10H17NO/c1-6-8-4-7(10(8,2)3)5-9(6)11-12/h6-8,12H,4-5H2,1-3H3/b11-9+. The number of fused-ring (bicyclic) bond motifs is 2. The number of nitrogens with zero attached hydrogens (tertiary/aromatic N) is 1. The van der Waals surface area contributed by atoms with E-state index in [-0.39, 0.29) is 0 Å². The van der Waals surface area contributed by atoms with Crippen LogP contribution in [0.15, 0.2) is 5.16 Å². The minimum atomic E-state index is 0.494. The van der Waals surface area contributed by atoms with Crippen LogP contribution in [0.5, 0.6) is 0 Å². The van der Waals surface area contributed by atoms with E-state index < -0.39 is 0 Å². The van der Waals surface area contributed by atoms with E-state index in [1.807, 2.05) is 0 Å². The molecule has 0 saturated heterocycles. The van der Waals surface area contributed by atoms with E-state index in [0.29, 0.717) is 11.3 Å². The fourth-order valence-corrected chi connectivity index (χ4v) is 3.05. The van der Waals surface area contributed by atoms with E-state index in [2.05, 4.69) is 25.9 Å². The van der Waals surface area contributed by atoms with Crippen LogP contribution in [0.25, 0.3) is 0 Å². The molecule has 3 aliphatic carbocycles. The summed E-state index contributed by atoms with van der Waals surface area (Å²) in [5.74, 6) is 2.02. The Labute approximate surface area is 73.7 Å². The van der Waals surface area contributed by atoms with Crippen molar-refractivity contribution in [3.63, 3.8) is 0 Å². The van der Waals surface area contributed by atoms with Gasteiger partial charge in [-0.15, -0.1) is 0 Å². The average Bonchev–Trinajstić information content (AvgIpc) is 2.03. The van der Waals surface area contributed by atoms with Crippen molar-refractivity contribution in [2.24, 2.45) is 28.3 Å². The van der Waals surface area contributed by atoms with Crippen LogP contribution in [0, 0.1) is 23.2 Å². The van der Waals surface area contributed by atoms with Crippen molar-refractivity contribution in [1.29, 1.82) is 0 Å². The lowest BCUT2D eigenvalue weighted by atomic mass is 9.45. The van der Waals surface area contributed by atoms with Crippen molar-refractivity contribution < 1.29 is 5.21 Å². The van der Waals surface area contributed by atoms with E-state index in [1.165, 1.54) is 6.42 Å². The fraction of sp³-hybridized carbons (Fsp3) is 0.900. The Morgan fingerprint density at radius 2 is 2.17 bits per heavy atom. The molecule has 3 aliphatic rings. The number of oxime groups is 1. The zero-order chi connectivity index (χ0) is 8.93. The van der Waals surface area contributed by atoms with Gasteiger partial charge in [-0.05, 0) is 30.1 Å². The minimum absolute atomic E-state index is 0.494. The molecule has 0 spiro atoms. The summed E-state index contributed by atoms with van der Waals surface area (Å²) in [5.41, 5.74) is 1.52. The molecule has 3 saturated carbocycles. The van der Waals surface area contributed by atoms with E-state index in [1.54, 1.807) is 0 Å². The van der Waals surface area contributed by atoms with Gasteiger partial charge in [0.15, 0.2) is 0 Å². The fourth-order valence-electron chi connectivity index (χ4n) is 3.05. The molecule has 0 heterocycles. The van der Waals surface area contributed by atoms with Crippen molar-refractivity contribution >= 4 is 5.71 Å². The van der Waals surface area contributed by atoms with E-state index in [9.17, 15) is 0 Å². The van der Waals surface area contributed by atoms with Crippen molar-refractivity contribution in [2.45, 2.75) is 33.6 Å². The summed E-state index contributed by atoms with van der Waals surface area (Å²) in [6, 6.07) is 0. The van der Waals surface area contributed by atoms with Gasteiger partial charge in [0.25, 0.3) is 0 Å². The minimum Gasteiger partial charge on any atom is -0.411 e. The lowest BCUT2D eigenvalue weighted by Gasteiger charge is -2.59. The third kappa shape index (κ3) is 0.782. The van der Waals surface area contributed by atoms with Gasteiger partial charge in [0.2, 0.25) is 0 Å². The molecule has 3 fully saturated rings. The first-order valence-corrected chi connectivity index (χ1v) is 4.78. The van der Waals surface area contributed by atoms with Gasteiger partial charge in [-0.3, -0.25) is 0 Å². The number of hydrogen-bond donors (Lipinski definition) is 1. The Hall–Kier alpha value is -0.530. The van der Waals surface area contributed by atoms with Gasteiger partial charge >= 0.3 is 0 Å². The molecule has 0 aromatic rings. The first kappa shape index (κ1) is 8.09. The predicted octanol–water partition coefficient (Wildman–Crippen LogP) is 2.52. The Morgan fingerprint density at radius 3 is 2.58 bits per heavy atom. The van der Waals surface area contributed by atoms with Gasteiger partial charge in [0, 0.05) is 5.92 Å². The molecular formula is C10H17NO. The highest BCUT2D eigenvalue weighted by Gasteiger charge is 2.55. The summed E-state index contributed by atoms with van der Waals surface area (Å²) in [6.07, 6.45) is 2.36. The van der Waals surface area contributed by atoms with Gasteiger partial charge in [-0.2, -0.15) is 0 Å². The monoisotopic (exact) mass is 167 g/mol. The van der Waals surface area contributed by atoms with Crippen molar-refractivity contribution in [3.8, 4) is 0 Å². The largest absolute Gasteiger partial charge is 0.411 e. The molecule has 0 radical (unpaired) electrons. The molecule has 2 heteroatoms. The quantitative estimate of drug-likeness (QED) is 0.436. The summed E-state index contributed by atoms with van der Waals surface area (Å²) in [6.45, 7) is 6.88. The molecule has 2 nitrogen and oxygen atoms in total. The summed E-state index contributed by atoms with van der Waals surface area (Å²) in [4.78, 5) is 0. The van der Waals surface area contributed by atoms with E-state index >= 15 is 0 Å². The maximum absolute atomic E-state index is 8.76. The van der Waals surface area contributed by atoms with Gasteiger partial charge in [0.05, 0.1) is 5.71 Å². The predicted molar refractivity (Wildman–Crippen MR) is 48.4 cm³/mol. The molecule has 3 atom stereocenters. The molecule has 3 rings (SSSR count). The van der Waals surface area contributed by atoms with Crippen molar-refractivity contribution in [1.82, 2.24) is 0 Å². The molecule has 0 amide bonds. The zero-order valence-corrected chi connectivity index (χ0v) is 8.04. The Bertz CT molecular complexity index is 232. The van der Waals surface area contributed by atoms with Crippen LogP contribution in [0.3, 0.4) is 0 Å². The first-order chi connectivity index (χ1) is 5.57. The Balaban J connectivity index is 2.22. The first-order valence-electron chi connectivity index (χ1n) is 4.78. The lowest BCUT2D eigenvalue weighted by Crippen LogP contribution is -2.55. The van der Waals surface area contributed by atoms with Crippen molar-refractivity contribution in [2.75, 3.05) is 0 Å². The van der Waals surface area contributed by atoms with Crippen molar-refractivity contribution in [3.05, 3.63) is 0 Å². The third-order valence-corrected chi connectivity index (χ3v) is 4.26. The van der Waals surface area contributed by atoms with E-state index in [4.69, 9.17) is 5.21 Å². The molecule has 0 aliphatic heterocycles. The van der Waals surface area contributed by atoms with Gasteiger partial charge in [0.1, 0.15) is 0 Å². The molecular weight excluding hydrogens is 150 g/mol. The van der Waals surface area contributed by atoms with Crippen LogP contribution in [0.2, 0.25) is 0 Å². The second-order valence-electron chi connectivity index (χ2n) is 4.94. The Morgan fingerprint density at radius 1 is 1.50 bits per heavy atom. The normalized spacial score (nSPS) is 47.2. The van der Waals surface area contributed by atoms with Gasteiger partial charge < -0.3 is 5.21 Å². The van der Waals surface area contributed by atoms with Crippen LogP contribution < -0.4 is 0 Å². The van der Waals surface area contributed by atoms with Crippen LogP contribution in [-0.2, 0) is 0 Å². The average molecular weight is 167 g/mol. The van der Waals surface area contributed by atoms with Crippen LogP contribution in [0.1, 0.15) is 33.6 Å². The highest BCUT2D eigenvalue weighted by molar-refractivity contribution is 5.88. The molecule has 3 unspecified atom stereocenters. The summed E-state index contributed by atoms with van der Waals surface area (Å²) < 4.78 is 0. The lowest BCUT2D eigenvalue weighted by molar-refractivity contribution is -0.0534. The zero-order valence-electron chi connectivity index (χ0n) is 8.04. The smallest absolute Gasteiger partial charge is 0.0604 e. The van der Waals surface area contributed by atoms with Gasteiger partial charge in [-0.25, -0.2) is 0 Å². The highest BCUT2D eigenvalue weighted by Crippen LogP contribution is 2.60. The number of hydrogen-bond acceptors (Lipinski definition) is 2. The molecule has 68 valence electrons. The molecule has 2 bridgehead atoms. The van der Waals surface area contributed by atoms with Crippen LogP contribution >= 0.6 is 0 Å². The molecule has 12 heavy (non-hydrogen) atoms. The third-order valence-electron chi connectivity index (χ3n) is 4.26. The topological polar surface area (TPSA) is 32.6 Å². The summed E-state index contributed by atoms with van der Waals surface area (Å²) in [5, 5.41) is 12.1. The molecule has 1 N–H and O–H groups in total. The van der Waals surface area contributed by atoms with E-state index in [0.717, 1.165) is 24.0 Å². The molecule has 0 aromatic heterocycles. The SMILES string of the molecule is CC1/C(=N/O)CC2CC1C2(C)C. The van der Waals surface area contributed by atoms with Gasteiger partial charge in [-0.1, -0.05) is 25.9 Å².